The molecule has 0 spiro atoms. The molecule has 0 unspecified atom stereocenters. The standard InChI is InChI=1S/C23H24N2O4.2C2H6/c1-23(2,3)29-22(28)24(4)19-15-10-6-5-9-14(15)13-18(19)25-20(26)16-11-7-8-12-17(16)21(25)27;2*1-2/h5-12,18-19H,13H2,1-4H3;2*1-2H3/t18-,19-;;/m1../s1. The topological polar surface area (TPSA) is 66.9 Å². The lowest BCUT2D eigenvalue weighted by atomic mass is 10.0. The van der Waals surface area contributed by atoms with Gasteiger partial charge in [0.05, 0.1) is 23.2 Å². The number of imide groups is 1. The molecule has 0 N–H and O–H groups in total. The third-order valence-corrected chi connectivity index (χ3v) is 5.42. The molecule has 33 heavy (non-hydrogen) atoms. The maximum atomic E-state index is 13.1. The average molecular weight is 453 g/mol. The largest absolute Gasteiger partial charge is 0.444 e. The summed E-state index contributed by atoms with van der Waals surface area (Å²) < 4.78 is 5.55. The van der Waals surface area contributed by atoms with Crippen molar-refractivity contribution in [1.82, 2.24) is 9.80 Å². The predicted octanol–water partition coefficient (Wildman–Crippen LogP) is 5.87. The van der Waals surface area contributed by atoms with Gasteiger partial charge in [-0.1, -0.05) is 64.1 Å². The molecule has 2 aliphatic rings. The highest BCUT2D eigenvalue weighted by Crippen LogP contribution is 2.41. The monoisotopic (exact) mass is 452 g/mol. The zero-order valence-corrected chi connectivity index (χ0v) is 21.0. The summed E-state index contributed by atoms with van der Waals surface area (Å²) in [6.45, 7) is 13.4. The van der Waals surface area contributed by atoms with Gasteiger partial charge in [0.2, 0.25) is 0 Å². The zero-order valence-electron chi connectivity index (χ0n) is 21.0. The van der Waals surface area contributed by atoms with Crippen LogP contribution in [0.15, 0.2) is 48.5 Å². The Morgan fingerprint density at radius 2 is 1.39 bits per heavy atom. The Morgan fingerprint density at radius 3 is 1.91 bits per heavy atom. The molecular weight excluding hydrogens is 416 g/mol. The minimum atomic E-state index is -0.644. The fraction of sp³-hybridized carbons (Fsp3) is 0.444. The van der Waals surface area contributed by atoms with Gasteiger partial charge in [0.25, 0.3) is 11.8 Å². The van der Waals surface area contributed by atoms with Crippen molar-refractivity contribution in [2.75, 3.05) is 7.05 Å². The summed E-state index contributed by atoms with van der Waals surface area (Å²) >= 11 is 0. The summed E-state index contributed by atoms with van der Waals surface area (Å²) in [6.07, 6.45) is 0.0141. The van der Waals surface area contributed by atoms with E-state index in [-0.39, 0.29) is 11.8 Å². The Labute approximate surface area is 197 Å². The van der Waals surface area contributed by atoms with Crippen molar-refractivity contribution in [3.8, 4) is 0 Å². The van der Waals surface area contributed by atoms with E-state index < -0.39 is 23.8 Å². The van der Waals surface area contributed by atoms with Gasteiger partial charge < -0.3 is 9.64 Å². The highest BCUT2D eigenvalue weighted by atomic mass is 16.6. The van der Waals surface area contributed by atoms with E-state index in [0.717, 1.165) is 11.1 Å². The van der Waals surface area contributed by atoms with E-state index in [2.05, 4.69) is 0 Å². The van der Waals surface area contributed by atoms with E-state index in [0.29, 0.717) is 17.5 Å². The fourth-order valence-corrected chi connectivity index (χ4v) is 4.21. The van der Waals surface area contributed by atoms with Gasteiger partial charge in [-0.2, -0.15) is 0 Å². The Bertz CT molecular complexity index is 974. The molecule has 3 amide bonds. The van der Waals surface area contributed by atoms with Gasteiger partial charge >= 0.3 is 6.09 Å². The van der Waals surface area contributed by atoms with Gasteiger partial charge in [0, 0.05) is 7.05 Å². The molecule has 6 heteroatoms. The lowest BCUT2D eigenvalue weighted by Crippen LogP contribution is -2.48. The summed E-state index contributed by atoms with van der Waals surface area (Å²) in [5.41, 5.74) is 2.13. The zero-order chi connectivity index (χ0) is 24.9. The number of ether oxygens (including phenoxy) is 1. The van der Waals surface area contributed by atoms with Crippen LogP contribution in [-0.2, 0) is 11.2 Å². The third-order valence-electron chi connectivity index (χ3n) is 5.42. The molecule has 0 aromatic heterocycles. The van der Waals surface area contributed by atoms with E-state index in [1.165, 1.54) is 9.80 Å². The Kier molecular flexibility index (Phi) is 8.42. The number of nitrogens with zero attached hydrogens (tertiary/aromatic N) is 2. The number of fused-ring (bicyclic) bond motifs is 2. The van der Waals surface area contributed by atoms with Gasteiger partial charge in [0.1, 0.15) is 5.60 Å². The molecule has 0 fully saturated rings. The van der Waals surface area contributed by atoms with Gasteiger partial charge in [-0.3, -0.25) is 14.5 Å². The maximum Gasteiger partial charge on any atom is 0.410 e. The minimum Gasteiger partial charge on any atom is -0.444 e. The number of hydrogen-bond donors (Lipinski definition) is 0. The lowest BCUT2D eigenvalue weighted by Gasteiger charge is -2.35. The molecule has 1 aliphatic carbocycles. The van der Waals surface area contributed by atoms with E-state index in [4.69, 9.17) is 4.74 Å². The van der Waals surface area contributed by atoms with Gasteiger partial charge in [-0.25, -0.2) is 4.79 Å². The van der Waals surface area contributed by atoms with Gasteiger partial charge in [-0.15, -0.1) is 0 Å². The van der Waals surface area contributed by atoms with Crippen molar-refractivity contribution < 1.29 is 19.1 Å². The van der Waals surface area contributed by atoms with Crippen molar-refractivity contribution >= 4 is 17.9 Å². The normalized spacial score (nSPS) is 18.4. The first-order chi connectivity index (χ1) is 15.7. The third kappa shape index (κ3) is 5.10. The molecule has 1 aliphatic heterocycles. The van der Waals surface area contributed by atoms with Crippen molar-refractivity contribution in [2.45, 2.75) is 72.6 Å². The van der Waals surface area contributed by atoms with E-state index in [1.54, 1.807) is 31.3 Å². The SMILES string of the molecule is CC.CC.CN(C(=O)OC(C)(C)C)[C@@H]1c2ccccc2C[C@H]1N1C(=O)c2ccccc2C1=O. The summed E-state index contributed by atoms with van der Waals surface area (Å²) in [5.74, 6) is -0.628. The number of benzene rings is 2. The summed E-state index contributed by atoms with van der Waals surface area (Å²) in [4.78, 5) is 41.8. The number of rotatable bonds is 2. The van der Waals surface area contributed by atoms with Crippen molar-refractivity contribution in [1.29, 1.82) is 0 Å². The summed E-state index contributed by atoms with van der Waals surface area (Å²) in [6, 6.07) is 13.6. The van der Waals surface area contributed by atoms with Crippen LogP contribution in [0.4, 0.5) is 4.79 Å². The lowest BCUT2D eigenvalue weighted by molar-refractivity contribution is 0.0120. The Morgan fingerprint density at radius 1 is 0.909 bits per heavy atom. The minimum absolute atomic E-state index is 0.314. The smallest absolute Gasteiger partial charge is 0.410 e. The molecule has 1 heterocycles. The second kappa shape index (κ2) is 10.6. The summed E-state index contributed by atoms with van der Waals surface area (Å²) in [7, 11) is 1.66. The van der Waals surface area contributed by atoms with Crippen LogP contribution in [0.25, 0.3) is 0 Å². The molecular formula is C27H36N2O4. The quantitative estimate of drug-likeness (QED) is 0.535. The summed E-state index contributed by atoms with van der Waals surface area (Å²) in [5, 5.41) is 0. The highest BCUT2D eigenvalue weighted by molar-refractivity contribution is 6.21. The molecule has 0 bridgehead atoms. The van der Waals surface area contributed by atoms with Crippen LogP contribution in [0, 0.1) is 0 Å². The van der Waals surface area contributed by atoms with Crippen LogP contribution >= 0.6 is 0 Å². The number of hydrogen-bond acceptors (Lipinski definition) is 4. The predicted molar refractivity (Wildman–Crippen MR) is 130 cm³/mol. The van der Waals surface area contributed by atoms with Crippen LogP contribution in [0.1, 0.15) is 86.4 Å². The van der Waals surface area contributed by atoms with Gasteiger partial charge in [-0.05, 0) is 50.5 Å². The fourth-order valence-electron chi connectivity index (χ4n) is 4.21. The Hall–Kier alpha value is -3.15. The van der Waals surface area contributed by atoms with E-state index >= 15 is 0 Å². The van der Waals surface area contributed by atoms with Gasteiger partial charge in [0.15, 0.2) is 0 Å². The first-order valence-electron chi connectivity index (χ1n) is 11.7. The van der Waals surface area contributed by atoms with Crippen LogP contribution < -0.4 is 0 Å². The molecule has 178 valence electrons. The molecule has 0 saturated carbocycles. The average Bonchev–Trinajstić information content (AvgIpc) is 3.30. The first kappa shape index (κ1) is 26.1. The Balaban J connectivity index is 0.000000914. The number of carbonyl (C=O) groups is 3. The highest BCUT2D eigenvalue weighted by Gasteiger charge is 2.48. The maximum absolute atomic E-state index is 13.1. The van der Waals surface area contributed by atoms with Crippen LogP contribution in [-0.4, -0.2) is 46.4 Å². The van der Waals surface area contributed by atoms with Crippen LogP contribution in [0.3, 0.4) is 0 Å². The molecule has 6 nitrogen and oxygen atoms in total. The molecule has 0 saturated heterocycles. The second-order valence-corrected chi connectivity index (χ2v) is 8.53. The molecule has 2 aromatic rings. The number of amides is 3. The number of likely N-dealkylation sites (N-methyl/N-ethyl adjacent to an activating group) is 1. The second-order valence-electron chi connectivity index (χ2n) is 8.53. The molecule has 4 rings (SSSR count). The molecule has 0 radical (unpaired) electrons. The van der Waals surface area contributed by atoms with Crippen LogP contribution in [0.2, 0.25) is 0 Å². The molecule has 2 atom stereocenters. The van der Waals surface area contributed by atoms with Crippen LogP contribution in [0.5, 0.6) is 0 Å². The van der Waals surface area contributed by atoms with E-state index in [9.17, 15) is 14.4 Å². The van der Waals surface area contributed by atoms with Crippen molar-refractivity contribution in [3.63, 3.8) is 0 Å². The van der Waals surface area contributed by atoms with Crippen molar-refractivity contribution in [3.05, 3.63) is 70.8 Å². The number of carbonyl (C=O) groups excluding carboxylic acids is 3. The molecule has 2 aromatic carbocycles. The van der Waals surface area contributed by atoms with E-state index in [1.807, 2.05) is 72.7 Å². The first-order valence-corrected chi connectivity index (χ1v) is 11.7. The van der Waals surface area contributed by atoms with Crippen molar-refractivity contribution in [2.24, 2.45) is 0 Å².